The normalized spacial score (nSPS) is 21.4. The number of carboxylic acid groups (broad SMARTS) is 2. The van der Waals surface area contributed by atoms with Crippen LogP contribution in [0.2, 0.25) is 10.0 Å². The third-order valence-electron chi connectivity index (χ3n) is 17.8. The van der Waals surface area contributed by atoms with Gasteiger partial charge in [0.05, 0.1) is 60.6 Å². The fourth-order valence-electron chi connectivity index (χ4n) is 14.3. The number of hydrogen-bond acceptors (Lipinski definition) is 14. The lowest BCUT2D eigenvalue weighted by molar-refractivity contribution is -0.432. The number of benzene rings is 5. The molecule has 5 aromatic rings. The molecule has 5 N–H and O–H groups in total. The number of allylic oxidation sites excluding steroid dienone is 1. The van der Waals surface area contributed by atoms with Gasteiger partial charge in [-0.3, -0.25) is 9.35 Å². The molecule has 13 rings (SSSR count). The first kappa shape index (κ1) is 56.8. The summed E-state index contributed by atoms with van der Waals surface area (Å²) in [6, 6.07) is 14.8. The van der Waals surface area contributed by atoms with Gasteiger partial charge in [0.25, 0.3) is 16.0 Å². The molecule has 7 aliphatic heterocycles. The zero-order chi connectivity index (χ0) is 60.1. The van der Waals surface area contributed by atoms with E-state index in [0.717, 1.165) is 57.3 Å². The molecule has 0 bridgehead atoms. The number of carboxylic acids is 2. The van der Waals surface area contributed by atoms with Gasteiger partial charge in [0.2, 0.25) is 5.36 Å². The Labute approximate surface area is 502 Å². The third kappa shape index (κ3) is 8.88. The van der Waals surface area contributed by atoms with Crippen LogP contribution >= 0.6 is 35.2 Å². The fraction of sp³-hybridized carbons (Fsp3) is 0.317. The molecule has 7 heterocycles. The number of aryl methyl sites for hydroxylation is 1. The number of ether oxygens (including phenoxy) is 3. The summed E-state index contributed by atoms with van der Waals surface area (Å²) in [5.41, 5.74) is 4.57. The van der Waals surface area contributed by atoms with Crippen molar-refractivity contribution in [3.05, 3.63) is 183 Å². The van der Waals surface area contributed by atoms with Crippen LogP contribution in [-0.2, 0) is 42.7 Å². The summed E-state index contributed by atoms with van der Waals surface area (Å²) in [5.74, 6) is -4.20. The fourth-order valence-corrected chi connectivity index (χ4v) is 16.0. The molecule has 1 spiro atoms. The van der Waals surface area contributed by atoms with Crippen molar-refractivity contribution in [2.75, 3.05) is 36.0 Å². The SMILES string of the molecule is Cc1ccc2c(c1)OC1=C(CNC(=O)c3cc(Cl)c(C4=c5cc6c7c(c5Oc5c4cc4c8c5CCCN8C(C)(C)C=C4CSOOO)CCC[N+]=7C(C)(C)C=C6CS(=O)(=O)O)c(C(=O)O)c3Cl)C(C)C=CC1C21OC(=O)c2cc(C(=O)O)ccc21. The van der Waals surface area contributed by atoms with Crippen molar-refractivity contribution in [1.82, 2.24) is 9.89 Å². The lowest BCUT2D eigenvalue weighted by Crippen LogP contribution is -2.53. The predicted octanol–water partition coefficient (Wildman–Crippen LogP) is 9.86. The van der Waals surface area contributed by atoms with Gasteiger partial charge in [-0.2, -0.15) is 8.42 Å². The molecule has 438 valence electrons. The van der Waals surface area contributed by atoms with Gasteiger partial charge in [0.1, 0.15) is 35.3 Å². The molecule has 22 heteroatoms. The summed E-state index contributed by atoms with van der Waals surface area (Å²) in [6.45, 7) is 13.1. The Kier molecular flexibility index (Phi) is 13.5. The van der Waals surface area contributed by atoms with Crippen molar-refractivity contribution in [3.63, 3.8) is 0 Å². The zero-order valence-electron chi connectivity index (χ0n) is 46.8. The van der Waals surface area contributed by atoms with Gasteiger partial charge in [0, 0.05) is 101 Å². The first-order valence-corrected chi connectivity index (χ1v) is 31.0. The first-order chi connectivity index (χ1) is 40.3. The Bertz CT molecular complexity index is 4340. The van der Waals surface area contributed by atoms with E-state index in [4.69, 9.17) is 47.0 Å². The summed E-state index contributed by atoms with van der Waals surface area (Å²) < 4.78 is 63.7. The molecule has 0 aromatic heterocycles. The summed E-state index contributed by atoms with van der Waals surface area (Å²) in [4.78, 5) is 57.4. The second-order valence-electron chi connectivity index (χ2n) is 23.8. The van der Waals surface area contributed by atoms with Crippen LogP contribution in [-0.4, -0.2) is 94.5 Å². The van der Waals surface area contributed by atoms with E-state index in [1.165, 1.54) is 18.2 Å². The maximum Gasteiger partial charge on any atom is 0.339 e. The molecule has 1 aliphatic carbocycles. The maximum atomic E-state index is 14.9. The Balaban J connectivity index is 0.990. The molecule has 0 radical (unpaired) electrons. The quantitative estimate of drug-likeness (QED) is 0.0112. The van der Waals surface area contributed by atoms with Crippen molar-refractivity contribution in [2.24, 2.45) is 11.8 Å². The van der Waals surface area contributed by atoms with Crippen LogP contribution < -0.4 is 34.8 Å². The van der Waals surface area contributed by atoms with Gasteiger partial charge in [-0.25, -0.2) is 24.2 Å². The lowest BCUT2D eigenvalue weighted by atomic mass is 9.69. The number of esters is 1. The van der Waals surface area contributed by atoms with E-state index >= 15 is 0 Å². The van der Waals surface area contributed by atoms with Crippen molar-refractivity contribution < 1.29 is 71.2 Å². The van der Waals surface area contributed by atoms with E-state index < -0.39 is 72.9 Å². The Hall–Kier alpha value is -7.27. The second-order valence-corrected chi connectivity index (χ2v) is 26.7. The molecule has 0 saturated heterocycles. The average Bonchev–Trinajstić information content (AvgIpc) is 1.68. The highest BCUT2D eigenvalue weighted by atomic mass is 35.5. The number of carbonyl (C=O) groups is 4. The average molecular weight is 1230 g/mol. The van der Waals surface area contributed by atoms with E-state index in [9.17, 15) is 42.4 Å². The minimum absolute atomic E-state index is 0.0406. The number of fused-ring (bicyclic) bond motifs is 10. The molecule has 3 unspecified atom stereocenters. The van der Waals surface area contributed by atoms with Crippen LogP contribution in [0.4, 0.5) is 5.69 Å². The zero-order valence-corrected chi connectivity index (χ0v) is 49.9. The van der Waals surface area contributed by atoms with Gasteiger partial charge >= 0.3 is 17.9 Å². The van der Waals surface area contributed by atoms with Crippen molar-refractivity contribution in [1.29, 1.82) is 0 Å². The number of anilines is 1. The highest BCUT2D eigenvalue weighted by Gasteiger charge is 2.58. The summed E-state index contributed by atoms with van der Waals surface area (Å²) in [7, 11) is -4.59. The van der Waals surface area contributed by atoms with Gasteiger partial charge in [-0.05, 0) is 105 Å². The standard InChI is InChI=1S/C63H55Cl2N3O15S2/c1-29-11-14-44-47(19-29)79-56-42(30(2)12-15-45(56)63(44)43-16-13-31(58(70)71)20-38(43)60(74)81-63)26-66-57(69)41-23-46(64)49(50(51(41)65)59(72)73)48-39-21-36-32(27-84-83-82-75)24-61(3,4)67-17-7-9-34(52(36)67)54(39)80-55-35-10-8-18-68-53(35)37(22-40(48)55)33(25-62(68,5)6)28-85(76,77)78/h11-16,19-25,30,45H,7-10,17-18,26-28H2,1-6H3,(H4-,66,69,70,71,72,73,75,76,77,78)/p+1. The summed E-state index contributed by atoms with van der Waals surface area (Å²) in [6.07, 6.45) is 10.2. The predicted molar refractivity (Wildman–Crippen MR) is 318 cm³/mol. The molecule has 1 amide bonds. The number of carbonyl (C=O) groups excluding carboxylic acids is 2. The summed E-state index contributed by atoms with van der Waals surface area (Å²) >= 11 is 15.8. The smallest absolute Gasteiger partial charge is 0.339 e. The Morgan fingerprint density at radius 3 is 2.39 bits per heavy atom. The second kappa shape index (κ2) is 20.2. The van der Waals surface area contributed by atoms with E-state index in [-0.39, 0.29) is 51.1 Å². The van der Waals surface area contributed by atoms with Crippen LogP contribution in [0.1, 0.15) is 139 Å². The summed E-state index contributed by atoms with van der Waals surface area (Å²) in [5, 5.41) is 38.0. The van der Waals surface area contributed by atoms with Crippen LogP contribution in [0.3, 0.4) is 0 Å². The minimum Gasteiger partial charge on any atom is -0.478 e. The molecule has 3 atom stereocenters. The molecule has 5 aromatic carbocycles. The molecule has 18 nitrogen and oxygen atoms in total. The van der Waals surface area contributed by atoms with Crippen LogP contribution in [0.25, 0.3) is 16.7 Å². The molecule has 8 aliphatic rings. The molecular formula is C63H56Cl2N3O15S2+. The number of nitrogens with zero attached hydrogens (tertiary/aromatic N) is 2. The highest BCUT2D eigenvalue weighted by molar-refractivity contribution is 7.95. The van der Waals surface area contributed by atoms with E-state index in [0.29, 0.717) is 94.0 Å². The Morgan fingerprint density at radius 1 is 0.882 bits per heavy atom. The molecule has 0 saturated carbocycles. The van der Waals surface area contributed by atoms with Crippen LogP contribution in [0.15, 0.2) is 90.2 Å². The molecular weight excluding hydrogens is 1170 g/mol. The Morgan fingerprint density at radius 2 is 1.65 bits per heavy atom. The number of aromatic carboxylic acids is 2. The first-order valence-electron chi connectivity index (χ1n) is 27.7. The van der Waals surface area contributed by atoms with Crippen LogP contribution in [0.5, 0.6) is 17.2 Å². The van der Waals surface area contributed by atoms with Crippen LogP contribution in [0, 0.1) is 18.8 Å². The van der Waals surface area contributed by atoms with Crippen molar-refractivity contribution in [2.45, 2.75) is 83.9 Å². The van der Waals surface area contributed by atoms with Crippen molar-refractivity contribution in [3.8, 4) is 17.2 Å². The van der Waals surface area contributed by atoms with E-state index in [1.807, 2.05) is 70.2 Å². The van der Waals surface area contributed by atoms with Gasteiger partial charge in [-0.15, -0.1) is 4.33 Å². The van der Waals surface area contributed by atoms with Gasteiger partial charge in [-0.1, -0.05) is 71.6 Å². The van der Waals surface area contributed by atoms with E-state index in [2.05, 4.69) is 39.8 Å². The number of nitrogens with one attached hydrogen (secondary N) is 1. The monoisotopic (exact) mass is 1230 g/mol. The third-order valence-corrected chi connectivity index (χ3v) is 19.8. The topological polar surface area (TPSA) is 248 Å². The van der Waals surface area contributed by atoms with Gasteiger partial charge < -0.3 is 34.6 Å². The molecule has 85 heavy (non-hydrogen) atoms. The lowest BCUT2D eigenvalue weighted by Gasteiger charge is -2.47. The number of rotatable bonds is 12. The van der Waals surface area contributed by atoms with E-state index in [1.54, 1.807) is 12.1 Å². The number of halogens is 2. The maximum absolute atomic E-state index is 14.9. The highest BCUT2D eigenvalue weighted by Crippen LogP contribution is 2.59. The minimum atomic E-state index is -4.59. The van der Waals surface area contributed by atoms with Gasteiger partial charge in [0.15, 0.2) is 11.1 Å². The molecule has 0 fully saturated rings. The number of amides is 1. The van der Waals surface area contributed by atoms with Crippen molar-refractivity contribution >= 4 is 91.6 Å². The number of hydrogen-bond donors (Lipinski definition) is 5. The largest absolute Gasteiger partial charge is 0.478 e.